The molecule has 0 saturated carbocycles. The monoisotopic (exact) mass is 297 g/mol. The summed E-state index contributed by atoms with van der Waals surface area (Å²) in [5.41, 5.74) is 1.62. The summed E-state index contributed by atoms with van der Waals surface area (Å²) in [6, 6.07) is 16.6. The standard InChI is InChI=1S/C16H12ClN3O/c17-13-8-4-5-9-14(13)19-15-10-18-11-20(16(15)21)12-6-2-1-3-7-12/h1-11,19H. The van der Waals surface area contributed by atoms with Crippen LogP contribution in [0, 0.1) is 0 Å². The highest BCUT2D eigenvalue weighted by Gasteiger charge is 2.07. The Labute approximate surface area is 126 Å². The molecular weight excluding hydrogens is 286 g/mol. The first-order chi connectivity index (χ1) is 10.3. The molecule has 3 rings (SSSR count). The normalized spacial score (nSPS) is 10.3. The van der Waals surface area contributed by atoms with Gasteiger partial charge in [-0.05, 0) is 24.3 Å². The van der Waals surface area contributed by atoms with Crippen molar-refractivity contribution in [3.05, 3.63) is 82.5 Å². The van der Waals surface area contributed by atoms with E-state index in [9.17, 15) is 4.79 Å². The van der Waals surface area contributed by atoms with Crippen molar-refractivity contribution in [1.82, 2.24) is 9.55 Å². The second kappa shape index (κ2) is 5.81. The van der Waals surface area contributed by atoms with Gasteiger partial charge in [0.2, 0.25) is 0 Å². The predicted octanol–water partition coefficient (Wildman–Crippen LogP) is 3.63. The number of anilines is 2. The lowest BCUT2D eigenvalue weighted by Crippen LogP contribution is -2.21. The first-order valence-corrected chi connectivity index (χ1v) is 6.77. The van der Waals surface area contributed by atoms with Crippen LogP contribution in [-0.2, 0) is 0 Å². The van der Waals surface area contributed by atoms with E-state index < -0.39 is 0 Å². The maximum atomic E-state index is 12.5. The van der Waals surface area contributed by atoms with Gasteiger partial charge in [0.15, 0.2) is 0 Å². The molecule has 0 amide bonds. The summed E-state index contributed by atoms with van der Waals surface area (Å²) in [7, 11) is 0. The molecular formula is C16H12ClN3O. The Morgan fingerprint density at radius 2 is 1.67 bits per heavy atom. The largest absolute Gasteiger partial charge is 0.349 e. The molecule has 21 heavy (non-hydrogen) atoms. The summed E-state index contributed by atoms with van der Waals surface area (Å²) < 4.78 is 1.49. The van der Waals surface area contributed by atoms with Crippen molar-refractivity contribution >= 4 is 23.0 Å². The second-order valence-electron chi connectivity index (χ2n) is 4.42. The van der Waals surface area contributed by atoms with Gasteiger partial charge in [0.05, 0.1) is 22.6 Å². The molecule has 0 bridgehead atoms. The highest BCUT2D eigenvalue weighted by atomic mass is 35.5. The Bertz CT molecular complexity index is 815. The molecule has 0 aliphatic heterocycles. The van der Waals surface area contributed by atoms with Gasteiger partial charge in [0.25, 0.3) is 5.56 Å². The number of nitrogens with zero attached hydrogens (tertiary/aromatic N) is 2. The number of aromatic nitrogens is 2. The van der Waals surface area contributed by atoms with Crippen LogP contribution >= 0.6 is 11.6 Å². The molecule has 3 aromatic rings. The van der Waals surface area contributed by atoms with Crippen LogP contribution in [0.3, 0.4) is 0 Å². The lowest BCUT2D eigenvalue weighted by Gasteiger charge is -2.10. The van der Waals surface area contributed by atoms with Crippen molar-refractivity contribution in [3.8, 4) is 5.69 Å². The molecule has 5 heteroatoms. The summed E-state index contributed by atoms with van der Waals surface area (Å²) in [6.45, 7) is 0. The number of hydrogen-bond acceptors (Lipinski definition) is 3. The molecule has 1 heterocycles. The Balaban J connectivity index is 2.02. The molecule has 1 aromatic heterocycles. The molecule has 0 aliphatic rings. The minimum atomic E-state index is -0.184. The zero-order valence-corrected chi connectivity index (χ0v) is 11.8. The molecule has 0 spiro atoms. The van der Waals surface area contributed by atoms with E-state index in [0.29, 0.717) is 16.4 Å². The highest BCUT2D eigenvalue weighted by molar-refractivity contribution is 6.33. The van der Waals surface area contributed by atoms with Crippen molar-refractivity contribution in [2.45, 2.75) is 0 Å². The van der Waals surface area contributed by atoms with Crippen molar-refractivity contribution in [3.63, 3.8) is 0 Å². The fourth-order valence-corrected chi connectivity index (χ4v) is 2.16. The number of hydrogen-bond donors (Lipinski definition) is 1. The first-order valence-electron chi connectivity index (χ1n) is 6.39. The molecule has 0 unspecified atom stereocenters. The lowest BCUT2D eigenvalue weighted by molar-refractivity contribution is 0.939. The van der Waals surface area contributed by atoms with Gasteiger partial charge in [-0.3, -0.25) is 9.36 Å². The van der Waals surface area contributed by atoms with Crippen LogP contribution in [0.25, 0.3) is 5.69 Å². The van der Waals surface area contributed by atoms with Gasteiger partial charge in [0, 0.05) is 0 Å². The SMILES string of the molecule is O=c1c(Nc2ccccc2Cl)cncn1-c1ccccc1. The number of rotatable bonds is 3. The topological polar surface area (TPSA) is 46.9 Å². The smallest absolute Gasteiger partial charge is 0.281 e. The van der Waals surface area contributed by atoms with Gasteiger partial charge in [0.1, 0.15) is 12.0 Å². The maximum absolute atomic E-state index is 12.5. The summed E-state index contributed by atoms with van der Waals surface area (Å²) in [6.07, 6.45) is 2.99. The van der Waals surface area contributed by atoms with Crippen LogP contribution in [0.4, 0.5) is 11.4 Å². The van der Waals surface area contributed by atoms with Gasteiger partial charge in [-0.1, -0.05) is 41.9 Å². The number of halogens is 1. The third-order valence-corrected chi connectivity index (χ3v) is 3.34. The van der Waals surface area contributed by atoms with E-state index in [0.717, 1.165) is 5.69 Å². The van der Waals surface area contributed by atoms with Crippen molar-refractivity contribution < 1.29 is 0 Å². The highest BCUT2D eigenvalue weighted by Crippen LogP contribution is 2.23. The zero-order chi connectivity index (χ0) is 14.7. The van der Waals surface area contributed by atoms with Crippen LogP contribution in [0.15, 0.2) is 71.9 Å². The third kappa shape index (κ3) is 2.80. The van der Waals surface area contributed by atoms with Crippen LogP contribution in [0.2, 0.25) is 5.02 Å². The van der Waals surface area contributed by atoms with E-state index in [1.807, 2.05) is 48.5 Å². The average molecular weight is 298 g/mol. The van der Waals surface area contributed by atoms with E-state index >= 15 is 0 Å². The van der Waals surface area contributed by atoms with Crippen molar-refractivity contribution in [2.75, 3.05) is 5.32 Å². The molecule has 0 radical (unpaired) electrons. The van der Waals surface area contributed by atoms with Gasteiger partial charge in [-0.25, -0.2) is 4.98 Å². The van der Waals surface area contributed by atoms with E-state index in [1.165, 1.54) is 17.1 Å². The Kier molecular flexibility index (Phi) is 3.71. The molecule has 2 aromatic carbocycles. The third-order valence-electron chi connectivity index (χ3n) is 3.01. The molecule has 1 N–H and O–H groups in total. The molecule has 0 atom stereocenters. The Morgan fingerprint density at radius 1 is 0.952 bits per heavy atom. The van der Waals surface area contributed by atoms with Gasteiger partial charge in [-0.15, -0.1) is 0 Å². The average Bonchev–Trinajstić information content (AvgIpc) is 2.52. The quantitative estimate of drug-likeness (QED) is 0.803. The summed E-state index contributed by atoms with van der Waals surface area (Å²) in [5, 5.41) is 3.57. The predicted molar refractivity (Wildman–Crippen MR) is 84.6 cm³/mol. The van der Waals surface area contributed by atoms with Gasteiger partial charge < -0.3 is 5.32 Å². The first kappa shape index (κ1) is 13.4. The Morgan fingerprint density at radius 3 is 2.43 bits per heavy atom. The maximum Gasteiger partial charge on any atom is 0.281 e. The number of benzene rings is 2. The van der Waals surface area contributed by atoms with Crippen LogP contribution < -0.4 is 10.9 Å². The lowest BCUT2D eigenvalue weighted by atomic mass is 10.3. The molecule has 0 saturated heterocycles. The van der Waals surface area contributed by atoms with Gasteiger partial charge >= 0.3 is 0 Å². The summed E-state index contributed by atoms with van der Waals surface area (Å²) in [4.78, 5) is 16.6. The minimum Gasteiger partial charge on any atom is -0.349 e. The van der Waals surface area contributed by atoms with Crippen molar-refractivity contribution in [2.24, 2.45) is 0 Å². The van der Waals surface area contributed by atoms with Crippen LogP contribution in [0.5, 0.6) is 0 Å². The van der Waals surface area contributed by atoms with Gasteiger partial charge in [-0.2, -0.15) is 0 Å². The van der Waals surface area contributed by atoms with E-state index in [-0.39, 0.29) is 5.56 Å². The molecule has 104 valence electrons. The number of nitrogens with one attached hydrogen (secondary N) is 1. The van der Waals surface area contributed by atoms with Crippen LogP contribution in [0.1, 0.15) is 0 Å². The second-order valence-corrected chi connectivity index (χ2v) is 4.83. The summed E-state index contributed by atoms with van der Waals surface area (Å²) >= 11 is 6.09. The number of para-hydroxylation sites is 2. The van der Waals surface area contributed by atoms with Crippen molar-refractivity contribution in [1.29, 1.82) is 0 Å². The fraction of sp³-hybridized carbons (Fsp3) is 0. The molecule has 0 aliphatic carbocycles. The molecule has 0 fully saturated rings. The molecule has 4 nitrogen and oxygen atoms in total. The fourth-order valence-electron chi connectivity index (χ4n) is 1.98. The zero-order valence-electron chi connectivity index (χ0n) is 11.0. The van der Waals surface area contributed by atoms with Crippen LogP contribution in [-0.4, -0.2) is 9.55 Å². The Hall–Kier alpha value is -2.59. The van der Waals surface area contributed by atoms with E-state index in [4.69, 9.17) is 11.6 Å². The summed E-state index contributed by atoms with van der Waals surface area (Å²) in [5.74, 6) is 0. The van der Waals surface area contributed by atoms with E-state index in [1.54, 1.807) is 6.07 Å². The van der Waals surface area contributed by atoms with E-state index in [2.05, 4.69) is 10.3 Å². The minimum absolute atomic E-state index is 0.184.